The van der Waals surface area contributed by atoms with Crippen LogP contribution in [0.5, 0.6) is 23.0 Å². The minimum atomic E-state index is -0.551. The minimum Gasteiger partial charge on any atom is -0.504 e. The van der Waals surface area contributed by atoms with Crippen molar-refractivity contribution < 1.29 is 24.9 Å². The normalized spacial score (nSPS) is 10.7. The SMILES string of the molecule is COc1ccc(C=CC(=O)NCCc2cc(O)c(O)c(O)c2)cc1. The first-order chi connectivity index (χ1) is 11.5. The van der Waals surface area contributed by atoms with Crippen LogP contribution in [0, 0.1) is 0 Å². The van der Waals surface area contributed by atoms with E-state index < -0.39 is 17.2 Å². The predicted octanol–water partition coefficient (Wildman–Crippen LogP) is 2.18. The molecule has 0 heterocycles. The summed E-state index contributed by atoms with van der Waals surface area (Å²) in [4.78, 5) is 11.8. The lowest BCUT2D eigenvalue weighted by Crippen LogP contribution is -2.23. The average Bonchev–Trinajstić information content (AvgIpc) is 2.58. The molecule has 0 spiro atoms. The molecule has 0 atom stereocenters. The maximum absolute atomic E-state index is 11.8. The summed E-state index contributed by atoms with van der Waals surface area (Å²) in [6, 6.07) is 9.97. The van der Waals surface area contributed by atoms with Crippen molar-refractivity contribution in [3.63, 3.8) is 0 Å². The fourth-order valence-corrected chi connectivity index (χ4v) is 2.08. The number of aromatic hydroxyl groups is 3. The molecule has 0 fully saturated rings. The minimum absolute atomic E-state index is 0.252. The fraction of sp³-hybridized carbons (Fsp3) is 0.167. The van der Waals surface area contributed by atoms with Crippen LogP contribution in [0.1, 0.15) is 11.1 Å². The number of benzene rings is 2. The molecule has 2 rings (SSSR count). The maximum atomic E-state index is 11.8. The van der Waals surface area contributed by atoms with E-state index in [1.54, 1.807) is 25.3 Å². The summed E-state index contributed by atoms with van der Waals surface area (Å²) in [7, 11) is 1.59. The second-order valence-electron chi connectivity index (χ2n) is 5.13. The fourth-order valence-electron chi connectivity index (χ4n) is 2.08. The highest BCUT2D eigenvalue weighted by Crippen LogP contribution is 2.35. The number of phenolic OH excluding ortho intramolecular Hbond substituents is 3. The Hall–Kier alpha value is -3.15. The Balaban J connectivity index is 1.83. The van der Waals surface area contributed by atoms with Crippen LogP contribution in [0.2, 0.25) is 0 Å². The number of nitrogens with one attached hydrogen (secondary N) is 1. The Morgan fingerprint density at radius 3 is 2.33 bits per heavy atom. The molecule has 24 heavy (non-hydrogen) atoms. The molecule has 0 radical (unpaired) electrons. The highest BCUT2D eigenvalue weighted by atomic mass is 16.5. The number of phenols is 3. The molecular weight excluding hydrogens is 310 g/mol. The molecule has 0 aliphatic heterocycles. The standard InChI is InChI=1S/C18H19NO5/c1-24-14-5-2-12(3-6-14)4-7-17(22)19-9-8-13-10-15(20)18(23)16(21)11-13/h2-7,10-11,20-21,23H,8-9H2,1H3,(H,19,22). The van der Waals surface area contributed by atoms with E-state index >= 15 is 0 Å². The van der Waals surface area contributed by atoms with Gasteiger partial charge in [-0.3, -0.25) is 4.79 Å². The molecule has 0 aliphatic rings. The van der Waals surface area contributed by atoms with Crippen LogP contribution in [0.25, 0.3) is 6.08 Å². The van der Waals surface area contributed by atoms with Crippen molar-refractivity contribution in [1.29, 1.82) is 0 Å². The first kappa shape index (κ1) is 17.2. The first-order valence-electron chi connectivity index (χ1n) is 7.33. The summed E-state index contributed by atoms with van der Waals surface area (Å²) in [5.74, 6) is -0.841. The van der Waals surface area contributed by atoms with E-state index in [1.807, 2.05) is 12.1 Å². The Morgan fingerprint density at radius 1 is 1.12 bits per heavy atom. The van der Waals surface area contributed by atoms with Gasteiger partial charge in [-0.2, -0.15) is 0 Å². The van der Waals surface area contributed by atoms with Crippen LogP contribution >= 0.6 is 0 Å². The van der Waals surface area contributed by atoms with Gasteiger partial charge in [0.2, 0.25) is 5.91 Å². The van der Waals surface area contributed by atoms with Gasteiger partial charge in [-0.05, 0) is 47.9 Å². The summed E-state index contributed by atoms with van der Waals surface area (Å²) in [6.07, 6.45) is 3.52. The topological polar surface area (TPSA) is 99.0 Å². The molecule has 0 saturated heterocycles. The van der Waals surface area contributed by atoms with Gasteiger partial charge < -0.3 is 25.4 Å². The number of hydrogen-bond acceptors (Lipinski definition) is 5. The third-order valence-corrected chi connectivity index (χ3v) is 3.39. The monoisotopic (exact) mass is 329 g/mol. The van der Waals surface area contributed by atoms with Crippen molar-refractivity contribution >= 4 is 12.0 Å². The molecular formula is C18H19NO5. The Kier molecular flexibility index (Phi) is 5.68. The molecule has 0 unspecified atom stereocenters. The Bertz CT molecular complexity index is 715. The molecule has 0 bridgehead atoms. The number of carbonyl (C=O) groups is 1. The van der Waals surface area contributed by atoms with Gasteiger partial charge in [-0.1, -0.05) is 12.1 Å². The number of methoxy groups -OCH3 is 1. The van der Waals surface area contributed by atoms with Gasteiger partial charge in [0.1, 0.15) is 5.75 Å². The molecule has 6 heteroatoms. The predicted molar refractivity (Wildman–Crippen MR) is 90.2 cm³/mol. The summed E-state index contributed by atoms with van der Waals surface area (Å²) < 4.78 is 5.06. The third-order valence-electron chi connectivity index (χ3n) is 3.39. The van der Waals surface area contributed by atoms with Crippen molar-refractivity contribution in [2.75, 3.05) is 13.7 Å². The van der Waals surface area contributed by atoms with Crippen molar-refractivity contribution in [2.24, 2.45) is 0 Å². The van der Waals surface area contributed by atoms with Crippen LogP contribution in [0.4, 0.5) is 0 Å². The van der Waals surface area contributed by atoms with Crippen molar-refractivity contribution in [2.45, 2.75) is 6.42 Å². The van der Waals surface area contributed by atoms with Crippen molar-refractivity contribution in [3.05, 3.63) is 53.6 Å². The van der Waals surface area contributed by atoms with Crippen LogP contribution in [-0.2, 0) is 11.2 Å². The maximum Gasteiger partial charge on any atom is 0.244 e. The summed E-state index contributed by atoms with van der Waals surface area (Å²) in [5, 5.41) is 30.8. The molecule has 6 nitrogen and oxygen atoms in total. The number of ether oxygens (including phenoxy) is 1. The largest absolute Gasteiger partial charge is 0.504 e. The summed E-state index contributed by atoms with van der Waals surface area (Å²) in [6.45, 7) is 0.329. The highest BCUT2D eigenvalue weighted by Gasteiger charge is 2.08. The van der Waals surface area contributed by atoms with Gasteiger partial charge in [0.05, 0.1) is 7.11 Å². The number of hydrogen-bond donors (Lipinski definition) is 4. The van der Waals surface area contributed by atoms with Gasteiger partial charge in [-0.25, -0.2) is 0 Å². The van der Waals surface area contributed by atoms with E-state index in [0.29, 0.717) is 18.5 Å². The first-order valence-corrected chi connectivity index (χ1v) is 7.33. The molecule has 2 aromatic rings. The zero-order chi connectivity index (χ0) is 17.5. The smallest absolute Gasteiger partial charge is 0.244 e. The molecule has 2 aromatic carbocycles. The summed E-state index contributed by atoms with van der Waals surface area (Å²) in [5.41, 5.74) is 1.47. The number of rotatable bonds is 6. The second-order valence-corrected chi connectivity index (χ2v) is 5.13. The van der Waals surface area contributed by atoms with Crippen LogP contribution in [0.15, 0.2) is 42.5 Å². The zero-order valence-corrected chi connectivity index (χ0v) is 13.2. The average molecular weight is 329 g/mol. The lowest BCUT2D eigenvalue weighted by Gasteiger charge is -2.06. The van der Waals surface area contributed by atoms with Gasteiger partial charge >= 0.3 is 0 Å². The Labute approximate surface area is 139 Å². The molecule has 126 valence electrons. The summed E-state index contributed by atoms with van der Waals surface area (Å²) >= 11 is 0. The molecule has 4 N–H and O–H groups in total. The van der Waals surface area contributed by atoms with Crippen LogP contribution < -0.4 is 10.1 Å². The highest BCUT2D eigenvalue weighted by molar-refractivity contribution is 5.91. The second kappa shape index (κ2) is 7.92. The number of amides is 1. The van der Waals surface area contributed by atoms with Crippen LogP contribution in [0.3, 0.4) is 0 Å². The Morgan fingerprint density at radius 2 is 1.75 bits per heavy atom. The van der Waals surface area contributed by atoms with E-state index in [4.69, 9.17) is 4.74 Å². The van der Waals surface area contributed by atoms with Crippen molar-refractivity contribution in [1.82, 2.24) is 5.32 Å². The van der Waals surface area contributed by atoms with Gasteiger partial charge in [0.25, 0.3) is 0 Å². The molecule has 0 aliphatic carbocycles. The quantitative estimate of drug-likeness (QED) is 0.481. The van der Waals surface area contributed by atoms with Gasteiger partial charge in [-0.15, -0.1) is 0 Å². The van der Waals surface area contributed by atoms with E-state index in [1.165, 1.54) is 18.2 Å². The van der Waals surface area contributed by atoms with E-state index in [2.05, 4.69) is 5.32 Å². The third kappa shape index (κ3) is 4.67. The lowest BCUT2D eigenvalue weighted by atomic mass is 10.1. The molecule has 0 aromatic heterocycles. The molecule has 0 saturated carbocycles. The van der Waals surface area contributed by atoms with E-state index in [-0.39, 0.29) is 5.91 Å². The lowest BCUT2D eigenvalue weighted by molar-refractivity contribution is -0.116. The van der Waals surface area contributed by atoms with Gasteiger partial charge in [0.15, 0.2) is 17.2 Å². The van der Waals surface area contributed by atoms with Gasteiger partial charge in [0, 0.05) is 12.6 Å². The number of carbonyl (C=O) groups excluding carboxylic acids is 1. The van der Waals surface area contributed by atoms with E-state index in [0.717, 1.165) is 11.3 Å². The van der Waals surface area contributed by atoms with Crippen molar-refractivity contribution in [3.8, 4) is 23.0 Å². The van der Waals surface area contributed by atoms with Crippen LogP contribution in [-0.4, -0.2) is 34.9 Å². The zero-order valence-electron chi connectivity index (χ0n) is 13.2. The van der Waals surface area contributed by atoms with E-state index in [9.17, 15) is 20.1 Å². The molecule has 1 amide bonds.